The van der Waals surface area contributed by atoms with Crippen molar-refractivity contribution >= 4 is 23.0 Å². The number of methoxy groups -OCH3 is 1. The number of esters is 1. The molecule has 32 heavy (non-hydrogen) atoms. The fraction of sp³-hybridized carbons (Fsp3) is 0.391. The maximum atomic E-state index is 13.0. The van der Waals surface area contributed by atoms with E-state index in [2.05, 4.69) is 10.3 Å². The van der Waals surface area contributed by atoms with Crippen LogP contribution in [0.15, 0.2) is 36.5 Å². The summed E-state index contributed by atoms with van der Waals surface area (Å²) in [6.07, 6.45) is 1.61. The molecule has 0 bridgehead atoms. The molecule has 170 valence electrons. The van der Waals surface area contributed by atoms with Crippen molar-refractivity contribution in [3.8, 4) is 5.75 Å². The molecule has 0 radical (unpaired) electrons. The van der Waals surface area contributed by atoms with Crippen molar-refractivity contribution in [2.24, 2.45) is 0 Å². The molecule has 0 saturated heterocycles. The van der Waals surface area contributed by atoms with Crippen LogP contribution in [-0.2, 0) is 9.47 Å². The zero-order chi connectivity index (χ0) is 22.7. The Balaban J connectivity index is 1.73. The number of hydrogen-bond donors (Lipinski definition) is 1. The van der Waals surface area contributed by atoms with Gasteiger partial charge in [0.05, 0.1) is 26.0 Å². The van der Waals surface area contributed by atoms with Gasteiger partial charge in [0.1, 0.15) is 11.4 Å². The molecule has 1 aromatic heterocycles. The lowest BCUT2D eigenvalue weighted by atomic mass is 9.99. The Hall–Kier alpha value is -3.07. The first-order chi connectivity index (χ1) is 15.4. The summed E-state index contributed by atoms with van der Waals surface area (Å²) in [5, 5.41) is 3.00. The fourth-order valence-corrected chi connectivity index (χ4v) is 3.58. The monoisotopic (exact) mass is 448 g/mol. The van der Waals surface area contributed by atoms with E-state index in [0.29, 0.717) is 31.1 Å². The minimum Gasteiger partial charge on any atom is -0.481 e. The first-order valence-corrected chi connectivity index (χ1v) is 10.3. The number of halogens is 3. The van der Waals surface area contributed by atoms with Gasteiger partial charge >= 0.3 is 12.1 Å². The topological polar surface area (TPSA) is 69.7 Å². The molecule has 0 unspecified atom stereocenters. The summed E-state index contributed by atoms with van der Waals surface area (Å²) in [6.45, 7) is -0.596. The highest BCUT2D eigenvalue weighted by Gasteiger charge is 2.30. The Labute approximate surface area is 183 Å². The highest BCUT2D eigenvalue weighted by atomic mass is 19.4. The van der Waals surface area contributed by atoms with E-state index in [-0.39, 0.29) is 22.8 Å². The molecule has 1 fully saturated rings. The number of carbonyl (C=O) groups excluding carboxylic acids is 1. The maximum Gasteiger partial charge on any atom is 0.422 e. The van der Waals surface area contributed by atoms with Crippen molar-refractivity contribution in [1.29, 1.82) is 0 Å². The van der Waals surface area contributed by atoms with E-state index in [1.165, 1.54) is 7.11 Å². The van der Waals surface area contributed by atoms with Crippen LogP contribution < -0.4 is 10.1 Å². The summed E-state index contributed by atoms with van der Waals surface area (Å²) in [7, 11) is 1.27. The fourth-order valence-electron chi connectivity index (χ4n) is 3.58. The van der Waals surface area contributed by atoms with E-state index in [1.54, 1.807) is 30.5 Å². The van der Waals surface area contributed by atoms with E-state index in [1.807, 2.05) is 6.08 Å². The minimum absolute atomic E-state index is 0.0434. The predicted molar refractivity (Wildman–Crippen MR) is 112 cm³/mol. The molecule has 4 rings (SSSR count). The first kappa shape index (κ1) is 22.1. The second-order valence-corrected chi connectivity index (χ2v) is 7.70. The highest BCUT2D eigenvalue weighted by Crippen LogP contribution is 2.42. The van der Waals surface area contributed by atoms with Gasteiger partial charge in [-0.2, -0.15) is 13.2 Å². The van der Waals surface area contributed by atoms with Crippen LogP contribution in [0.4, 0.5) is 24.7 Å². The molecule has 6 nitrogen and oxygen atoms in total. The van der Waals surface area contributed by atoms with Gasteiger partial charge in [-0.25, -0.2) is 9.78 Å². The molecule has 0 atom stereocenters. The molecule has 2 aromatic rings. The third-order valence-electron chi connectivity index (χ3n) is 5.32. The molecule has 9 heteroatoms. The third-order valence-corrected chi connectivity index (χ3v) is 5.32. The third kappa shape index (κ3) is 5.21. The van der Waals surface area contributed by atoms with E-state index < -0.39 is 18.8 Å². The van der Waals surface area contributed by atoms with Crippen molar-refractivity contribution in [1.82, 2.24) is 4.98 Å². The average Bonchev–Trinajstić information content (AvgIpc) is 3.63. The standard InChI is InChI=1S/C23H23F3N2O4/c1-30-22(29)18-11-16(14-5-6-14)12-27-21(18)28-19-4-2-3-17(15-7-9-31-10-8-15)20(19)32-13-23(24,25)26/h2-4,7,11-12,14H,5-6,8-10,13H2,1H3,(H,27,28). The largest absolute Gasteiger partial charge is 0.481 e. The molecule has 1 N–H and O–H groups in total. The van der Waals surface area contributed by atoms with Gasteiger partial charge in [-0.1, -0.05) is 18.2 Å². The molecule has 2 aliphatic rings. The summed E-state index contributed by atoms with van der Waals surface area (Å²) < 4.78 is 54.3. The van der Waals surface area contributed by atoms with E-state index in [9.17, 15) is 18.0 Å². The smallest absolute Gasteiger partial charge is 0.422 e. The number of anilines is 2. The number of rotatable bonds is 7. The Morgan fingerprint density at radius 2 is 2.12 bits per heavy atom. The lowest BCUT2D eigenvalue weighted by Gasteiger charge is -2.21. The van der Waals surface area contributed by atoms with E-state index >= 15 is 0 Å². The molecule has 0 amide bonds. The van der Waals surface area contributed by atoms with Crippen LogP contribution in [0, 0.1) is 0 Å². The number of nitrogens with one attached hydrogen (secondary N) is 1. The normalized spacial score (nSPS) is 16.3. The van der Waals surface area contributed by atoms with Crippen molar-refractivity contribution in [2.45, 2.75) is 31.4 Å². The van der Waals surface area contributed by atoms with E-state index in [0.717, 1.165) is 24.0 Å². The second kappa shape index (κ2) is 9.20. The number of para-hydroxylation sites is 1. The second-order valence-electron chi connectivity index (χ2n) is 7.70. The van der Waals surface area contributed by atoms with Gasteiger partial charge in [0, 0.05) is 11.8 Å². The average molecular weight is 448 g/mol. The molecule has 1 aromatic carbocycles. The molecule has 1 saturated carbocycles. The van der Waals surface area contributed by atoms with Gasteiger partial charge in [-0.15, -0.1) is 0 Å². The number of hydrogen-bond acceptors (Lipinski definition) is 6. The Morgan fingerprint density at radius 3 is 2.78 bits per heavy atom. The maximum absolute atomic E-state index is 13.0. The summed E-state index contributed by atoms with van der Waals surface area (Å²) in [5.41, 5.74) is 2.80. The minimum atomic E-state index is -4.50. The van der Waals surface area contributed by atoms with Crippen molar-refractivity contribution in [2.75, 3.05) is 32.2 Å². The lowest BCUT2D eigenvalue weighted by Crippen LogP contribution is -2.20. The van der Waals surface area contributed by atoms with Gasteiger partial charge in [-0.3, -0.25) is 0 Å². The van der Waals surface area contributed by atoms with Crippen molar-refractivity contribution in [3.05, 3.63) is 53.2 Å². The predicted octanol–water partition coefficient (Wildman–Crippen LogP) is 5.23. The van der Waals surface area contributed by atoms with Crippen LogP contribution in [0.1, 0.15) is 46.7 Å². The van der Waals surface area contributed by atoms with Gasteiger partial charge in [0.25, 0.3) is 0 Å². The molecule has 2 heterocycles. The van der Waals surface area contributed by atoms with Crippen LogP contribution in [0.5, 0.6) is 5.75 Å². The number of nitrogens with zero attached hydrogens (tertiary/aromatic N) is 1. The zero-order valence-electron chi connectivity index (χ0n) is 17.5. The van der Waals surface area contributed by atoms with Crippen molar-refractivity contribution in [3.63, 3.8) is 0 Å². The Kier molecular flexibility index (Phi) is 6.36. The van der Waals surface area contributed by atoms with Crippen LogP contribution >= 0.6 is 0 Å². The van der Waals surface area contributed by atoms with Gasteiger partial charge in [-0.05, 0) is 48.4 Å². The van der Waals surface area contributed by atoms with Crippen LogP contribution in [0.2, 0.25) is 0 Å². The number of carbonyl (C=O) groups is 1. The number of pyridine rings is 1. The molecular formula is C23H23F3N2O4. The summed E-state index contributed by atoms with van der Waals surface area (Å²) in [5.74, 6) is 0.0241. The summed E-state index contributed by atoms with van der Waals surface area (Å²) in [6, 6.07) is 6.73. The quantitative estimate of drug-likeness (QED) is 0.585. The van der Waals surface area contributed by atoms with Crippen LogP contribution in [0.3, 0.4) is 0 Å². The van der Waals surface area contributed by atoms with Crippen molar-refractivity contribution < 1.29 is 32.2 Å². The molecular weight excluding hydrogens is 425 g/mol. The SMILES string of the molecule is COC(=O)c1cc(C2CC2)cnc1Nc1cccc(C2=CCOCC2)c1OCC(F)(F)F. The highest BCUT2D eigenvalue weighted by molar-refractivity contribution is 5.96. The summed E-state index contributed by atoms with van der Waals surface area (Å²) >= 11 is 0. The number of aromatic nitrogens is 1. The lowest BCUT2D eigenvalue weighted by molar-refractivity contribution is -0.153. The van der Waals surface area contributed by atoms with Crippen LogP contribution in [-0.4, -0.2) is 44.1 Å². The Bertz CT molecular complexity index is 1030. The zero-order valence-corrected chi connectivity index (χ0v) is 17.5. The summed E-state index contributed by atoms with van der Waals surface area (Å²) in [4.78, 5) is 16.7. The molecule has 1 aliphatic carbocycles. The molecule has 0 spiro atoms. The van der Waals surface area contributed by atoms with E-state index in [4.69, 9.17) is 14.2 Å². The Morgan fingerprint density at radius 1 is 1.31 bits per heavy atom. The number of benzene rings is 1. The van der Waals surface area contributed by atoms with Gasteiger partial charge in [0.2, 0.25) is 0 Å². The van der Waals surface area contributed by atoms with Crippen LogP contribution in [0.25, 0.3) is 5.57 Å². The number of ether oxygens (including phenoxy) is 3. The van der Waals surface area contributed by atoms with Gasteiger partial charge in [0.15, 0.2) is 12.4 Å². The number of alkyl halides is 3. The first-order valence-electron chi connectivity index (χ1n) is 10.3. The van der Waals surface area contributed by atoms with Gasteiger partial charge < -0.3 is 19.5 Å². The molecule has 1 aliphatic heterocycles.